The third kappa shape index (κ3) is 5.44. The Morgan fingerprint density at radius 3 is 1.79 bits per heavy atom. The molecule has 4 nitrogen and oxygen atoms in total. The smallest absolute Gasteiger partial charge is 0.251 e. The molecule has 0 aromatic heterocycles. The molecular weight excluding hydrogens is 381 g/mol. The topological polar surface area (TPSA) is 58.2 Å². The molecule has 0 heterocycles. The Bertz CT molecular complexity index is 994. The molecule has 0 bridgehead atoms. The van der Waals surface area contributed by atoms with Gasteiger partial charge in [-0.25, -0.2) is 13.2 Å². The van der Waals surface area contributed by atoms with Crippen molar-refractivity contribution in [1.29, 1.82) is 0 Å². The van der Waals surface area contributed by atoms with Gasteiger partial charge in [0.1, 0.15) is 17.5 Å². The molecule has 0 spiro atoms. The lowest BCUT2D eigenvalue weighted by molar-refractivity contribution is -0.120. The van der Waals surface area contributed by atoms with Gasteiger partial charge in [-0.05, 0) is 53.6 Å². The van der Waals surface area contributed by atoms with Crippen molar-refractivity contribution in [3.63, 3.8) is 0 Å². The summed E-state index contributed by atoms with van der Waals surface area (Å²) < 4.78 is 40.5. The van der Waals surface area contributed by atoms with Crippen molar-refractivity contribution >= 4 is 11.8 Å². The highest BCUT2D eigenvalue weighted by Gasteiger charge is 2.19. The summed E-state index contributed by atoms with van der Waals surface area (Å²) in [7, 11) is 0. The zero-order chi connectivity index (χ0) is 20.8. The van der Waals surface area contributed by atoms with Gasteiger partial charge in [-0.15, -0.1) is 0 Å². The number of hydrogen-bond acceptors (Lipinski definition) is 2. The number of carbonyl (C=O) groups is 2. The first-order valence-electron chi connectivity index (χ1n) is 8.76. The molecule has 0 aliphatic heterocycles. The minimum atomic E-state index is -0.819. The quantitative estimate of drug-likeness (QED) is 0.665. The van der Waals surface area contributed by atoms with E-state index in [1.54, 1.807) is 12.1 Å². The lowest BCUT2D eigenvalue weighted by Gasteiger charge is -2.20. The van der Waals surface area contributed by atoms with Crippen LogP contribution in [0.4, 0.5) is 13.2 Å². The predicted molar refractivity (Wildman–Crippen MR) is 102 cm³/mol. The molecule has 7 heteroatoms. The molecule has 148 valence electrons. The van der Waals surface area contributed by atoms with Crippen molar-refractivity contribution in [1.82, 2.24) is 10.6 Å². The molecule has 0 aliphatic carbocycles. The first-order valence-corrected chi connectivity index (χ1v) is 8.76. The van der Waals surface area contributed by atoms with E-state index < -0.39 is 41.9 Å². The van der Waals surface area contributed by atoms with Crippen LogP contribution in [0.2, 0.25) is 0 Å². The average Bonchev–Trinajstić information content (AvgIpc) is 2.70. The Labute approximate surface area is 165 Å². The van der Waals surface area contributed by atoms with E-state index in [0.717, 1.165) is 6.07 Å². The number of rotatable bonds is 6. The summed E-state index contributed by atoms with van der Waals surface area (Å²) in [6.07, 6.45) is 0. The third-order valence-corrected chi connectivity index (χ3v) is 4.17. The summed E-state index contributed by atoms with van der Waals surface area (Å²) in [5.74, 6) is -2.77. The molecule has 3 rings (SSSR count). The molecule has 3 aromatic rings. The monoisotopic (exact) mass is 398 g/mol. The highest BCUT2D eigenvalue weighted by molar-refractivity contribution is 5.96. The number of amides is 2. The summed E-state index contributed by atoms with van der Waals surface area (Å²) >= 11 is 0. The van der Waals surface area contributed by atoms with Crippen LogP contribution < -0.4 is 10.6 Å². The summed E-state index contributed by atoms with van der Waals surface area (Å²) in [6, 6.07) is 15.4. The zero-order valence-corrected chi connectivity index (χ0v) is 15.2. The molecule has 0 unspecified atom stereocenters. The Balaban J connectivity index is 1.73. The lowest BCUT2D eigenvalue weighted by Crippen LogP contribution is -2.39. The number of nitrogens with one attached hydrogen (secondary N) is 2. The Hall–Kier alpha value is -3.61. The standard InChI is InChI=1S/C22H17F3N2O2/c23-17-7-1-4-14(10-17)21(15-5-2-8-18(24)11-15)27-20(28)13-26-22(29)16-6-3-9-19(25)12-16/h1-12,21H,13H2,(H,26,29)(H,27,28). The van der Waals surface area contributed by atoms with Crippen molar-refractivity contribution in [2.75, 3.05) is 6.54 Å². The first kappa shape index (κ1) is 20.1. The van der Waals surface area contributed by atoms with E-state index in [2.05, 4.69) is 10.6 Å². The average molecular weight is 398 g/mol. The van der Waals surface area contributed by atoms with E-state index in [0.29, 0.717) is 11.1 Å². The number of benzene rings is 3. The summed E-state index contributed by atoms with van der Waals surface area (Å²) in [5, 5.41) is 5.05. The highest BCUT2D eigenvalue weighted by atomic mass is 19.1. The van der Waals surface area contributed by atoms with E-state index in [1.807, 2.05) is 0 Å². The van der Waals surface area contributed by atoms with Crippen LogP contribution in [0.1, 0.15) is 27.5 Å². The summed E-state index contributed by atoms with van der Waals surface area (Å²) in [5.41, 5.74) is 0.908. The molecule has 2 N–H and O–H groups in total. The minimum Gasteiger partial charge on any atom is -0.344 e. The summed E-state index contributed by atoms with van der Waals surface area (Å²) in [6.45, 7) is -0.392. The van der Waals surface area contributed by atoms with E-state index >= 15 is 0 Å². The molecule has 0 aliphatic rings. The van der Waals surface area contributed by atoms with Gasteiger partial charge in [0.15, 0.2) is 0 Å². The van der Waals surface area contributed by atoms with E-state index in [-0.39, 0.29) is 5.56 Å². The molecule has 2 amide bonds. The van der Waals surface area contributed by atoms with Crippen LogP contribution in [0.15, 0.2) is 72.8 Å². The molecule has 3 aromatic carbocycles. The second kappa shape index (κ2) is 9.05. The first-order chi connectivity index (χ1) is 13.9. The second-order valence-electron chi connectivity index (χ2n) is 6.30. The normalized spacial score (nSPS) is 10.6. The Kier molecular flexibility index (Phi) is 6.29. The molecule has 29 heavy (non-hydrogen) atoms. The van der Waals surface area contributed by atoms with Crippen LogP contribution in [0, 0.1) is 17.5 Å². The fraction of sp³-hybridized carbons (Fsp3) is 0.0909. The maximum atomic E-state index is 13.7. The Morgan fingerprint density at radius 1 is 0.759 bits per heavy atom. The van der Waals surface area contributed by atoms with Gasteiger partial charge in [0, 0.05) is 5.56 Å². The van der Waals surface area contributed by atoms with E-state index in [9.17, 15) is 22.8 Å². The Morgan fingerprint density at radius 2 is 1.28 bits per heavy atom. The predicted octanol–water partition coefficient (Wildman–Crippen LogP) is 3.74. The van der Waals surface area contributed by atoms with E-state index in [4.69, 9.17) is 0 Å². The van der Waals surface area contributed by atoms with Crippen LogP contribution in [0.5, 0.6) is 0 Å². The highest BCUT2D eigenvalue weighted by Crippen LogP contribution is 2.23. The third-order valence-electron chi connectivity index (χ3n) is 4.17. The second-order valence-corrected chi connectivity index (χ2v) is 6.30. The van der Waals surface area contributed by atoms with Gasteiger partial charge in [0.2, 0.25) is 5.91 Å². The van der Waals surface area contributed by atoms with Crippen LogP contribution in [0.25, 0.3) is 0 Å². The van der Waals surface area contributed by atoms with Gasteiger partial charge in [-0.3, -0.25) is 9.59 Å². The van der Waals surface area contributed by atoms with Gasteiger partial charge in [-0.2, -0.15) is 0 Å². The number of halogens is 3. The van der Waals surface area contributed by atoms with Gasteiger partial charge in [-0.1, -0.05) is 30.3 Å². The molecule has 0 atom stereocenters. The van der Waals surface area contributed by atoms with Crippen molar-refractivity contribution < 1.29 is 22.8 Å². The largest absolute Gasteiger partial charge is 0.344 e. The van der Waals surface area contributed by atoms with Gasteiger partial charge < -0.3 is 10.6 Å². The fourth-order valence-corrected chi connectivity index (χ4v) is 2.84. The van der Waals surface area contributed by atoms with Crippen LogP contribution in [0.3, 0.4) is 0 Å². The minimum absolute atomic E-state index is 0.0737. The van der Waals surface area contributed by atoms with Gasteiger partial charge >= 0.3 is 0 Å². The fourth-order valence-electron chi connectivity index (χ4n) is 2.84. The maximum Gasteiger partial charge on any atom is 0.251 e. The van der Waals surface area contributed by atoms with Crippen LogP contribution in [-0.2, 0) is 4.79 Å². The molecular formula is C22H17F3N2O2. The molecule has 0 saturated carbocycles. The summed E-state index contributed by atoms with van der Waals surface area (Å²) in [4.78, 5) is 24.4. The van der Waals surface area contributed by atoms with Gasteiger partial charge in [0.05, 0.1) is 12.6 Å². The van der Waals surface area contributed by atoms with Gasteiger partial charge in [0.25, 0.3) is 5.91 Å². The van der Waals surface area contributed by atoms with E-state index in [1.165, 1.54) is 54.6 Å². The van der Waals surface area contributed by atoms with Crippen LogP contribution in [-0.4, -0.2) is 18.4 Å². The number of carbonyl (C=O) groups excluding carboxylic acids is 2. The zero-order valence-electron chi connectivity index (χ0n) is 15.2. The maximum absolute atomic E-state index is 13.7. The van der Waals surface area contributed by atoms with Crippen molar-refractivity contribution in [2.45, 2.75) is 6.04 Å². The van der Waals surface area contributed by atoms with Crippen molar-refractivity contribution in [3.05, 3.63) is 107 Å². The molecule has 0 saturated heterocycles. The van der Waals surface area contributed by atoms with Crippen LogP contribution >= 0.6 is 0 Å². The van der Waals surface area contributed by atoms with Crippen molar-refractivity contribution in [3.8, 4) is 0 Å². The molecule has 0 fully saturated rings. The molecule has 0 radical (unpaired) electrons. The SMILES string of the molecule is O=C(CNC(=O)c1cccc(F)c1)NC(c1cccc(F)c1)c1cccc(F)c1. The lowest BCUT2D eigenvalue weighted by atomic mass is 9.98. The number of hydrogen-bond donors (Lipinski definition) is 2. The van der Waals surface area contributed by atoms with Crippen molar-refractivity contribution in [2.24, 2.45) is 0 Å².